The van der Waals surface area contributed by atoms with Crippen LogP contribution in [0, 0.1) is 0 Å². The number of nitrogens with zero attached hydrogens (tertiary/aromatic N) is 1. The average molecular weight is 251 g/mol. The minimum atomic E-state index is 0.411. The second-order valence-electron chi connectivity index (χ2n) is 3.71. The normalized spacial score (nSPS) is 11.3. The zero-order valence-electron chi connectivity index (χ0n) is 11.0. The lowest BCUT2D eigenvalue weighted by molar-refractivity contribution is 0.172. The Morgan fingerprint density at radius 3 is 2.94 bits per heavy atom. The van der Waals surface area contributed by atoms with Gasteiger partial charge < -0.3 is 20.5 Å². The third kappa shape index (κ3) is 5.54. The number of hydrogen-bond donors (Lipinski definition) is 2. The van der Waals surface area contributed by atoms with Gasteiger partial charge >= 0.3 is 0 Å². The molecule has 0 aliphatic carbocycles. The number of hydrogen-bond acceptors (Lipinski definition) is 3. The average Bonchev–Trinajstić information content (AvgIpc) is 2.35. The number of ether oxygens (including phenoxy) is 2. The maximum atomic E-state index is 5.69. The number of aliphatic imine (C=N–C) groups is 1. The summed E-state index contributed by atoms with van der Waals surface area (Å²) in [4.78, 5) is 4.06. The Hall–Kier alpha value is -1.75. The summed E-state index contributed by atoms with van der Waals surface area (Å²) in [7, 11) is 1.68. The Kier molecular flexibility index (Phi) is 6.64. The van der Waals surface area contributed by atoms with Gasteiger partial charge in [-0.15, -0.1) is 0 Å². The van der Waals surface area contributed by atoms with Gasteiger partial charge in [0, 0.05) is 38.4 Å². The van der Waals surface area contributed by atoms with Gasteiger partial charge in [-0.3, -0.25) is 4.99 Å². The lowest BCUT2D eigenvalue weighted by atomic mass is 10.3. The quantitative estimate of drug-likeness (QED) is 0.441. The first kappa shape index (κ1) is 14.3. The third-order valence-corrected chi connectivity index (χ3v) is 2.20. The van der Waals surface area contributed by atoms with E-state index in [1.165, 1.54) is 0 Å². The van der Waals surface area contributed by atoms with Gasteiger partial charge in [0.1, 0.15) is 5.75 Å². The summed E-state index contributed by atoms with van der Waals surface area (Å²) in [5.74, 6) is 1.22. The first-order valence-corrected chi connectivity index (χ1v) is 6.05. The molecule has 18 heavy (non-hydrogen) atoms. The highest BCUT2D eigenvalue weighted by atomic mass is 16.5. The van der Waals surface area contributed by atoms with Crippen LogP contribution in [0.2, 0.25) is 0 Å². The molecule has 0 bridgehead atoms. The molecule has 0 unspecified atom stereocenters. The minimum absolute atomic E-state index is 0.411. The number of anilines is 1. The first-order valence-electron chi connectivity index (χ1n) is 6.05. The molecule has 0 aromatic heterocycles. The predicted octanol–water partition coefficient (Wildman–Crippen LogP) is 1.85. The Bertz CT molecular complexity index is 380. The smallest absolute Gasteiger partial charge is 0.193 e. The molecule has 1 aromatic rings. The van der Waals surface area contributed by atoms with Crippen molar-refractivity contribution >= 4 is 11.6 Å². The van der Waals surface area contributed by atoms with Crippen molar-refractivity contribution in [3.63, 3.8) is 0 Å². The molecule has 0 amide bonds. The molecule has 5 nitrogen and oxygen atoms in total. The summed E-state index contributed by atoms with van der Waals surface area (Å²) in [5.41, 5.74) is 6.56. The van der Waals surface area contributed by atoms with Gasteiger partial charge in [-0.25, -0.2) is 0 Å². The molecule has 1 aromatic carbocycles. The topological polar surface area (TPSA) is 68.9 Å². The van der Waals surface area contributed by atoms with Crippen molar-refractivity contribution < 1.29 is 9.47 Å². The van der Waals surface area contributed by atoms with Crippen LogP contribution in [0.3, 0.4) is 0 Å². The van der Waals surface area contributed by atoms with Crippen molar-refractivity contribution in [2.75, 3.05) is 32.2 Å². The van der Waals surface area contributed by atoms with E-state index in [9.17, 15) is 0 Å². The molecule has 5 heteroatoms. The van der Waals surface area contributed by atoms with Crippen LogP contribution in [-0.2, 0) is 4.74 Å². The summed E-state index contributed by atoms with van der Waals surface area (Å²) in [6, 6.07) is 7.63. The van der Waals surface area contributed by atoms with Crippen LogP contribution in [0.5, 0.6) is 5.75 Å². The van der Waals surface area contributed by atoms with E-state index >= 15 is 0 Å². The van der Waals surface area contributed by atoms with Crippen LogP contribution in [-0.4, -0.2) is 32.8 Å². The molecule has 100 valence electrons. The number of nitrogens with two attached hydrogens (primary N) is 1. The van der Waals surface area contributed by atoms with Crippen molar-refractivity contribution in [2.24, 2.45) is 10.7 Å². The van der Waals surface area contributed by atoms with Crippen molar-refractivity contribution in [3.8, 4) is 5.75 Å². The second kappa shape index (κ2) is 8.36. The van der Waals surface area contributed by atoms with E-state index in [0.717, 1.165) is 17.9 Å². The number of guanidine groups is 1. The fourth-order valence-corrected chi connectivity index (χ4v) is 1.41. The molecule has 0 aliphatic heterocycles. The molecule has 0 spiro atoms. The molecule has 0 aliphatic rings. The van der Waals surface area contributed by atoms with E-state index in [1.54, 1.807) is 7.11 Å². The van der Waals surface area contributed by atoms with Crippen molar-refractivity contribution in [3.05, 3.63) is 24.3 Å². The molecular weight excluding hydrogens is 230 g/mol. The van der Waals surface area contributed by atoms with E-state index in [-0.39, 0.29) is 0 Å². The summed E-state index contributed by atoms with van der Waals surface area (Å²) in [5, 5.41) is 3.01. The van der Waals surface area contributed by atoms with Crippen LogP contribution in [0.15, 0.2) is 29.3 Å². The van der Waals surface area contributed by atoms with Crippen molar-refractivity contribution in [2.45, 2.75) is 13.3 Å². The zero-order valence-corrected chi connectivity index (χ0v) is 11.0. The van der Waals surface area contributed by atoms with E-state index in [4.69, 9.17) is 15.2 Å². The molecule has 0 heterocycles. The van der Waals surface area contributed by atoms with Crippen LogP contribution in [0.1, 0.15) is 13.3 Å². The van der Waals surface area contributed by atoms with Gasteiger partial charge in [0.05, 0.1) is 6.61 Å². The van der Waals surface area contributed by atoms with Crippen LogP contribution in [0.4, 0.5) is 5.69 Å². The maximum absolute atomic E-state index is 5.69. The van der Waals surface area contributed by atoms with Gasteiger partial charge in [-0.2, -0.15) is 0 Å². The fourth-order valence-electron chi connectivity index (χ4n) is 1.41. The third-order valence-electron chi connectivity index (χ3n) is 2.20. The molecule has 0 fully saturated rings. The van der Waals surface area contributed by atoms with E-state index in [1.807, 2.05) is 31.2 Å². The molecule has 3 N–H and O–H groups in total. The monoisotopic (exact) mass is 251 g/mol. The second-order valence-corrected chi connectivity index (χ2v) is 3.71. The van der Waals surface area contributed by atoms with E-state index in [0.29, 0.717) is 25.7 Å². The first-order chi connectivity index (χ1) is 8.76. The van der Waals surface area contributed by atoms with E-state index in [2.05, 4.69) is 10.3 Å². The molecule has 0 saturated heterocycles. The predicted molar refractivity (Wildman–Crippen MR) is 74.2 cm³/mol. The lowest BCUT2D eigenvalue weighted by Crippen LogP contribution is -2.22. The standard InChI is InChI=1S/C13H21N3O2/c1-3-15-13(14)16-11-6-4-7-12(10-11)18-9-5-8-17-2/h4,6-7,10H,3,5,8-9H2,1-2H3,(H3,14,15,16). The van der Waals surface area contributed by atoms with Crippen LogP contribution < -0.4 is 15.8 Å². The maximum Gasteiger partial charge on any atom is 0.193 e. The van der Waals surface area contributed by atoms with Gasteiger partial charge in [-0.1, -0.05) is 6.07 Å². The fraction of sp³-hybridized carbons (Fsp3) is 0.462. The van der Waals surface area contributed by atoms with Crippen LogP contribution in [0.25, 0.3) is 0 Å². The number of methoxy groups -OCH3 is 1. The molecular formula is C13H21N3O2. The Balaban J connectivity index is 2.48. The number of benzene rings is 1. The van der Waals surface area contributed by atoms with Gasteiger partial charge in [0.25, 0.3) is 0 Å². The summed E-state index contributed by atoms with van der Waals surface area (Å²) < 4.78 is 10.5. The van der Waals surface area contributed by atoms with Gasteiger partial charge in [0.15, 0.2) is 5.96 Å². The summed E-state index contributed by atoms with van der Waals surface area (Å²) in [6.07, 6.45) is 0.869. The Morgan fingerprint density at radius 1 is 1.39 bits per heavy atom. The van der Waals surface area contributed by atoms with Gasteiger partial charge in [-0.05, 0) is 19.1 Å². The van der Waals surface area contributed by atoms with Crippen molar-refractivity contribution in [1.82, 2.24) is 0 Å². The SMILES string of the molecule is CCN=C(N)Nc1cccc(OCCCOC)c1. The highest BCUT2D eigenvalue weighted by molar-refractivity contribution is 5.92. The summed E-state index contributed by atoms with van der Waals surface area (Å²) in [6.45, 7) is 3.93. The highest BCUT2D eigenvalue weighted by Crippen LogP contribution is 2.17. The zero-order chi connectivity index (χ0) is 13.2. The van der Waals surface area contributed by atoms with Gasteiger partial charge in [0.2, 0.25) is 0 Å². The lowest BCUT2D eigenvalue weighted by Gasteiger charge is -2.09. The summed E-state index contributed by atoms with van der Waals surface area (Å²) >= 11 is 0. The number of nitrogens with one attached hydrogen (secondary N) is 1. The largest absolute Gasteiger partial charge is 0.493 e. The molecule has 1 rings (SSSR count). The van der Waals surface area contributed by atoms with Crippen molar-refractivity contribution in [1.29, 1.82) is 0 Å². The minimum Gasteiger partial charge on any atom is -0.493 e. The number of rotatable bonds is 7. The molecule has 0 saturated carbocycles. The van der Waals surface area contributed by atoms with Crippen LogP contribution >= 0.6 is 0 Å². The molecule has 0 radical (unpaired) electrons. The Morgan fingerprint density at radius 2 is 2.22 bits per heavy atom. The molecule has 0 atom stereocenters. The van der Waals surface area contributed by atoms with E-state index < -0.39 is 0 Å². The Labute approximate surface area is 108 Å². The highest BCUT2D eigenvalue weighted by Gasteiger charge is 1.98.